The monoisotopic (exact) mass is 235 g/mol. The fourth-order valence-electron chi connectivity index (χ4n) is 2.22. The Morgan fingerprint density at radius 1 is 1.47 bits per heavy atom. The summed E-state index contributed by atoms with van der Waals surface area (Å²) in [4.78, 5) is 10.6. The number of hydrogen-bond acceptors (Lipinski definition) is 5. The van der Waals surface area contributed by atoms with Crippen molar-refractivity contribution in [2.75, 3.05) is 24.6 Å². The number of likely N-dealkylation sites (tertiary alicyclic amines) is 1. The van der Waals surface area contributed by atoms with Crippen molar-refractivity contribution < 1.29 is 0 Å². The minimum Gasteiger partial charge on any atom is -0.383 e. The van der Waals surface area contributed by atoms with Gasteiger partial charge in [0.1, 0.15) is 18.0 Å². The van der Waals surface area contributed by atoms with Gasteiger partial charge in [-0.25, -0.2) is 9.97 Å². The van der Waals surface area contributed by atoms with Gasteiger partial charge in [-0.1, -0.05) is 0 Å². The molecule has 1 saturated heterocycles. The highest BCUT2D eigenvalue weighted by Gasteiger charge is 2.23. The van der Waals surface area contributed by atoms with Crippen LogP contribution in [-0.2, 0) is 0 Å². The van der Waals surface area contributed by atoms with Crippen LogP contribution in [0.5, 0.6) is 0 Å². The van der Waals surface area contributed by atoms with Crippen LogP contribution in [0.3, 0.4) is 0 Å². The molecule has 1 aliphatic rings. The Balaban J connectivity index is 2.04. The smallest absolute Gasteiger partial charge is 0.134 e. The van der Waals surface area contributed by atoms with E-state index in [0.717, 1.165) is 30.8 Å². The molecule has 1 aliphatic heterocycles. The summed E-state index contributed by atoms with van der Waals surface area (Å²) >= 11 is 0. The highest BCUT2D eigenvalue weighted by atomic mass is 15.2. The molecular formula is C12H21N5. The van der Waals surface area contributed by atoms with Crippen LogP contribution in [0.4, 0.5) is 11.6 Å². The van der Waals surface area contributed by atoms with E-state index < -0.39 is 0 Å². The molecule has 5 heteroatoms. The van der Waals surface area contributed by atoms with E-state index in [1.807, 2.05) is 6.92 Å². The second-order valence-corrected chi connectivity index (χ2v) is 4.93. The van der Waals surface area contributed by atoms with Gasteiger partial charge in [0.25, 0.3) is 0 Å². The molecule has 0 bridgehead atoms. The number of nitrogens with one attached hydrogen (secondary N) is 1. The van der Waals surface area contributed by atoms with E-state index in [9.17, 15) is 0 Å². The van der Waals surface area contributed by atoms with E-state index >= 15 is 0 Å². The third kappa shape index (κ3) is 2.66. The van der Waals surface area contributed by atoms with Crippen LogP contribution in [0, 0.1) is 6.92 Å². The first-order valence-electron chi connectivity index (χ1n) is 6.11. The molecular weight excluding hydrogens is 214 g/mol. The van der Waals surface area contributed by atoms with E-state index in [1.54, 1.807) is 0 Å². The van der Waals surface area contributed by atoms with Gasteiger partial charge < -0.3 is 16.0 Å². The van der Waals surface area contributed by atoms with E-state index in [1.165, 1.54) is 6.33 Å². The maximum atomic E-state index is 5.78. The van der Waals surface area contributed by atoms with Crippen LogP contribution in [0.15, 0.2) is 6.33 Å². The SMILES string of the molecule is Cc1c(N)ncnc1NC1CCN(C)C(C)C1. The molecule has 3 N–H and O–H groups in total. The first kappa shape index (κ1) is 12.1. The molecule has 1 fully saturated rings. The van der Waals surface area contributed by atoms with Crippen molar-refractivity contribution in [1.29, 1.82) is 0 Å². The van der Waals surface area contributed by atoms with E-state index in [0.29, 0.717) is 17.9 Å². The first-order valence-corrected chi connectivity index (χ1v) is 6.11. The van der Waals surface area contributed by atoms with Crippen molar-refractivity contribution in [3.63, 3.8) is 0 Å². The van der Waals surface area contributed by atoms with Gasteiger partial charge in [-0.2, -0.15) is 0 Å². The van der Waals surface area contributed by atoms with Crippen LogP contribution < -0.4 is 11.1 Å². The fourth-order valence-corrected chi connectivity index (χ4v) is 2.22. The zero-order valence-corrected chi connectivity index (χ0v) is 10.8. The Hall–Kier alpha value is -1.36. The zero-order valence-electron chi connectivity index (χ0n) is 10.8. The lowest BCUT2D eigenvalue weighted by Crippen LogP contribution is -2.42. The Morgan fingerprint density at radius 2 is 2.24 bits per heavy atom. The van der Waals surface area contributed by atoms with Crippen LogP contribution in [-0.4, -0.2) is 40.5 Å². The molecule has 0 aromatic carbocycles. The molecule has 1 aromatic heterocycles. The van der Waals surface area contributed by atoms with Crippen molar-refractivity contribution in [3.8, 4) is 0 Å². The van der Waals surface area contributed by atoms with Gasteiger partial charge in [0, 0.05) is 24.2 Å². The predicted octanol–water partition coefficient (Wildman–Crippen LogP) is 1.26. The van der Waals surface area contributed by atoms with Crippen LogP contribution in [0.2, 0.25) is 0 Å². The average molecular weight is 235 g/mol. The first-order chi connectivity index (χ1) is 8.08. The third-order valence-electron chi connectivity index (χ3n) is 3.67. The summed E-state index contributed by atoms with van der Waals surface area (Å²) in [6.45, 7) is 5.34. The van der Waals surface area contributed by atoms with E-state index in [4.69, 9.17) is 5.73 Å². The van der Waals surface area contributed by atoms with Crippen molar-refractivity contribution in [3.05, 3.63) is 11.9 Å². The molecule has 0 radical (unpaired) electrons. The molecule has 0 saturated carbocycles. The predicted molar refractivity (Wildman–Crippen MR) is 69.9 cm³/mol. The molecule has 1 aromatic rings. The standard InChI is InChI=1S/C12H21N5/c1-8-6-10(4-5-17(8)3)16-12-9(2)11(13)14-7-15-12/h7-8,10H,4-6H2,1-3H3,(H3,13,14,15,16). The molecule has 2 unspecified atom stereocenters. The largest absolute Gasteiger partial charge is 0.383 e. The number of nitrogen functional groups attached to an aromatic ring is 1. The lowest BCUT2D eigenvalue weighted by molar-refractivity contribution is 0.190. The minimum absolute atomic E-state index is 0.481. The molecule has 2 heterocycles. The second kappa shape index (κ2) is 4.87. The number of nitrogens with two attached hydrogens (primary N) is 1. The van der Waals surface area contributed by atoms with Crippen molar-refractivity contribution in [2.45, 2.75) is 38.8 Å². The molecule has 17 heavy (non-hydrogen) atoms. The summed E-state index contributed by atoms with van der Waals surface area (Å²) in [5.74, 6) is 1.43. The average Bonchev–Trinajstić information content (AvgIpc) is 2.30. The van der Waals surface area contributed by atoms with Gasteiger partial charge in [-0.3, -0.25) is 0 Å². The van der Waals surface area contributed by atoms with Crippen LogP contribution in [0.25, 0.3) is 0 Å². The summed E-state index contributed by atoms with van der Waals surface area (Å²) in [6.07, 6.45) is 3.80. The number of aromatic nitrogens is 2. The van der Waals surface area contributed by atoms with Crippen LogP contribution >= 0.6 is 0 Å². The fraction of sp³-hybridized carbons (Fsp3) is 0.667. The molecule has 2 rings (SSSR count). The van der Waals surface area contributed by atoms with E-state index in [2.05, 4.69) is 34.2 Å². The summed E-state index contributed by atoms with van der Waals surface area (Å²) in [5.41, 5.74) is 6.72. The topological polar surface area (TPSA) is 67.1 Å². The van der Waals surface area contributed by atoms with Gasteiger partial charge in [0.15, 0.2) is 0 Å². The van der Waals surface area contributed by atoms with Crippen molar-refractivity contribution in [2.24, 2.45) is 0 Å². The lowest BCUT2D eigenvalue weighted by atomic mass is 9.99. The summed E-state index contributed by atoms with van der Waals surface area (Å²) in [7, 11) is 2.18. The molecule has 94 valence electrons. The summed E-state index contributed by atoms with van der Waals surface area (Å²) in [6, 6.07) is 1.09. The van der Waals surface area contributed by atoms with E-state index in [-0.39, 0.29) is 0 Å². The quantitative estimate of drug-likeness (QED) is 0.808. The number of piperidine rings is 1. The van der Waals surface area contributed by atoms with Crippen molar-refractivity contribution in [1.82, 2.24) is 14.9 Å². The third-order valence-corrected chi connectivity index (χ3v) is 3.67. The van der Waals surface area contributed by atoms with Gasteiger partial charge in [-0.05, 0) is 33.7 Å². The lowest BCUT2D eigenvalue weighted by Gasteiger charge is -2.35. The van der Waals surface area contributed by atoms with Gasteiger partial charge >= 0.3 is 0 Å². The Bertz CT molecular complexity index is 392. The summed E-state index contributed by atoms with van der Waals surface area (Å²) < 4.78 is 0. The summed E-state index contributed by atoms with van der Waals surface area (Å²) in [5, 5.41) is 3.48. The van der Waals surface area contributed by atoms with Gasteiger partial charge in [0.05, 0.1) is 0 Å². The van der Waals surface area contributed by atoms with Crippen LogP contribution in [0.1, 0.15) is 25.3 Å². The minimum atomic E-state index is 0.481. The molecule has 0 aliphatic carbocycles. The Morgan fingerprint density at radius 3 is 2.94 bits per heavy atom. The number of rotatable bonds is 2. The number of nitrogens with zero attached hydrogens (tertiary/aromatic N) is 3. The molecule has 0 spiro atoms. The van der Waals surface area contributed by atoms with Gasteiger partial charge in [-0.15, -0.1) is 0 Å². The highest BCUT2D eigenvalue weighted by Crippen LogP contribution is 2.22. The maximum absolute atomic E-state index is 5.78. The second-order valence-electron chi connectivity index (χ2n) is 4.93. The molecule has 0 amide bonds. The normalized spacial score (nSPS) is 25.8. The molecule has 2 atom stereocenters. The van der Waals surface area contributed by atoms with Crippen molar-refractivity contribution >= 4 is 11.6 Å². The Kier molecular flexibility index (Phi) is 3.47. The maximum Gasteiger partial charge on any atom is 0.134 e. The number of hydrogen-bond donors (Lipinski definition) is 2. The Labute approximate surface area is 102 Å². The molecule has 5 nitrogen and oxygen atoms in total. The van der Waals surface area contributed by atoms with Gasteiger partial charge in [0.2, 0.25) is 0 Å². The zero-order chi connectivity index (χ0) is 12.4. The highest BCUT2D eigenvalue weighted by molar-refractivity contribution is 5.54. The number of anilines is 2.